The summed E-state index contributed by atoms with van der Waals surface area (Å²) in [5.74, 6) is 0.667. The number of para-hydroxylation sites is 1. The van der Waals surface area contributed by atoms with Gasteiger partial charge in [-0.1, -0.05) is 30.3 Å². The first-order valence-corrected chi connectivity index (χ1v) is 9.71. The van der Waals surface area contributed by atoms with Crippen LogP contribution >= 0.6 is 0 Å². The molecule has 0 aliphatic carbocycles. The molecule has 2 aromatic carbocycles. The molecular formula is C23H25FN2O2. The number of amides is 1. The highest BCUT2D eigenvalue weighted by Gasteiger charge is 2.37. The summed E-state index contributed by atoms with van der Waals surface area (Å²) in [6.07, 6.45) is 1.55. The van der Waals surface area contributed by atoms with E-state index in [4.69, 9.17) is 4.42 Å². The summed E-state index contributed by atoms with van der Waals surface area (Å²) >= 11 is 0. The topological polar surface area (TPSA) is 45.5 Å². The van der Waals surface area contributed by atoms with Crippen LogP contribution in [0.1, 0.15) is 36.7 Å². The molecule has 1 aliphatic rings. The highest BCUT2D eigenvalue weighted by Crippen LogP contribution is 2.34. The molecule has 2 heterocycles. The Bertz CT molecular complexity index is 986. The summed E-state index contributed by atoms with van der Waals surface area (Å²) in [6.45, 7) is 6.04. The van der Waals surface area contributed by atoms with Crippen molar-refractivity contribution in [3.05, 3.63) is 71.2 Å². The number of carbonyl (C=O) groups excluding carboxylic acids is 1. The van der Waals surface area contributed by atoms with Crippen molar-refractivity contribution >= 4 is 16.9 Å². The fourth-order valence-corrected chi connectivity index (χ4v) is 4.26. The predicted molar refractivity (Wildman–Crippen MR) is 107 cm³/mol. The van der Waals surface area contributed by atoms with Crippen LogP contribution in [0, 0.1) is 12.7 Å². The first-order valence-electron chi connectivity index (χ1n) is 9.71. The number of aryl methyl sites for hydroxylation is 1. The van der Waals surface area contributed by atoms with Gasteiger partial charge < -0.3 is 9.73 Å². The molecule has 4 rings (SSSR count). The van der Waals surface area contributed by atoms with Crippen molar-refractivity contribution in [3.63, 3.8) is 0 Å². The lowest BCUT2D eigenvalue weighted by atomic mass is 9.80. The van der Waals surface area contributed by atoms with Crippen molar-refractivity contribution in [3.8, 4) is 0 Å². The molecule has 146 valence electrons. The van der Waals surface area contributed by atoms with Crippen LogP contribution < -0.4 is 5.32 Å². The smallest absolute Gasteiger partial charge is 0.217 e. The monoisotopic (exact) mass is 380 g/mol. The molecule has 1 fully saturated rings. The van der Waals surface area contributed by atoms with Gasteiger partial charge in [0.25, 0.3) is 0 Å². The van der Waals surface area contributed by atoms with E-state index in [9.17, 15) is 9.18 Å². The van der Waals surface area contributed by atoms with Gasteiger partial charge in [-0.15, -0.1) is 0 Å². The number of piperidine rings is 1. The average Bonchev–Trinajstić information content (AvgIpc) is 2.99. The summed E-state index contributed by atoms with van der Waals surface area (Å²) in [5, 5.41) is 4.30. The van der Waals surface area contributed by atoms with E-state index in [-0.39, 0.29) is 11.7 Å². The largest absolute Gasteiger partial charge is 0.459 e. The molecule has 4 nitrogen and oxygen atoms in total. The summed E-state index contributed by atoms with van der Waals surface area (Å²) in [6, 6.07) is 14.6. The number of fused-ring (bicyclic) bond motifs is 1. The van der Waals surface area contributed by atoms with Gasteiger partial charge in [-0.3, -0.25) is 9.69 Å². The Balaban J connectivity index is 1.51. The molecule has 0 saturated carbocycles. The van der Waals surface area contributed by atoms with Crippen LogP contribution in [0.5, 0.6) is 0 Å². The van der Waals surface area contributed by atoms with E-state index >= 15 is 0 Å². The minimum Gasteiger partial charge on any atom is -0.459 e. The van der Waals surface area contributed by atoms with Gasteiger partial charge in [0.1, 0.15) is 17.2 Å². The standard InChI is InChI=1S/C23H25FN2O2/c1-16-20-5-3-4-6-21(20)28-22(16)15-26-13-11-23(12-14-26,25-17(2)27)18-7-9-19(24)10-8-18/h3-10H,11-15H2,1-2H3,(H,25,27). The molecule has 0 radical (unpaired) electrons. The second-order valence-electron chi connectivity index (χ2n) is 7.69. The van der Waals surface area contributed by atoms with Gasteiger partial charge in [-0.25, -0.2) is 4.39 Å². The first kappa shape index (κ1) is 18.7. The SMILES string of the molecule is CC(=O)NC1(c2ccc(F)cc2)CCN(Cc2oc3ccccc3c2C)CC1. The number of halogens is 1. The maximum absolute atomic E-state index is 13.4. The molecular weight excluding hydrogens is 355 g/mol. The lowest BCUT2D eigenvalue weighted by Gasteiger charge is -2.42. The minimum atomic E-state index is -0.445. The molecule has 0 spiro atoms. The van der Waals surface area contributed by atoms with Crippen LogP contribution in [0.15, 0.2) is 52.9 Å². The lowest BCUT2D eigenvalue weighted by molar-refractivity contribution is -0.121. The summed E-state index contributed by atoms with van der Waals surface area (Å²) in [7, 11) is 0. The van der Waals surface area contributed by atoms with Gasteiger partial charge in [-0.05, 0) is 49.1 Å². The third kappa shape index (κ3) is 3.54. The van der Waals surface area contributed by atoms with Crippen LogP contribution in [0.25, 0.3) is 11.0 Å². The van der Waals surface area contributed by atoms with Crippen LogP contribution in [-0.4, -0.2) is 23.9 Å². The van der Waals surface area contributed by atoms with E-state index in [0.717, 1.165) is 54.8 Å². The van der Waals surface area contributed by atoms with Crippen molar-refractivity contribution in [2.45, 2.75) is 38.8 Å². The van der Waals surface area contributed by atoms with E-state index in [2.05, 4.69) is 23.2 Å². The Morgan fingerprint density at radius 3 is 2.46 bits per heavy atom. The zero-order valence-corrected chi connectivity index (χ0v) is 16.3. The van der Waals surface area contributed by atoms with Crippen molar-refractivity contribution in [1.29, 1.82) is 0 Å². The maximum atomic E-state index is 13.4. The van der Waals surface area contributed by atoms with Crippen LogP contribution in [0.2, 0.25) is 0 Å². The average molecular weight is 380 g/mol. The number of rotatable bonds is 4. The summed E-state index contributed by atoms with van der Waals surface area (Å²) in [5.41, 5.74) is 2.63. The molecule has 5 heteroatoms. The third-order valence-corrected chi connectivity index (χ3v) is 5.83. The van der Waals surface area contributed by atoms with Gasteiger partial charge in [0.05, 0.1) is 12.1 Å². The highest BCUT2D eigenvalue weighted by molar-refractivity contribution is 5.81. The van der Waals surface area contributed by atoms with Crippen molar-refractivity contribution < 1.29 is 13.6 Å². The molecule has 3 aromatic rings. The molecule has 28 heavy (non-hydrogen) atoms. The van der Waals surface area contributed by atoms with Crippen LogP contribution in [-0.2, 0) is 16.9 Å². The lowest BCUT2D eigenvalue weighted by Crippen LogP contribution is -2.52. The minimum absolute atomic E-state index is 0.0640. The number of furan rings is 1. The quantitative estimate of drug-likeness (QED) is 0.724. The zero-order chi connectivity index (χ0) is 19.7. The molecule has 0 bridgehead atoms. The summed E-state index contributed by atoms with van der Waals surface area (Å²) in [4.78, 5) is 14.2. The molecule has 0 atom stereocenters. The second kappa shape index (κ2) is 7.40. The maximum Gasteiger partial charge on any atom is 0.217 e. The Morgan fingerprint density at radius 1 is 1.14 bits per heavy atom. The third-order valence-electron chi connectivity index (χ3n) is 5.83. The zero-order valence-electron chi connectivity index (χ0n) is 16.3. The molecule has 0 unspecified atom stereocenters. The second-order valence-corrected chi connectivity index (χ2v) is 7.69. The van der Waals surface area contributed by atoms with Gasteiger partial charge in [0.15, 0.2) is 0 Å². The Labute approximate surface area is 164 Å². The van der Waals surface area contributed by atoms with Crippen molar-refractivity contribution in [1.82, 2.24) is 10.2 Å². The number of likely N-dealkylation sites (tertiary alicyclic amines) is 1. The van der Waals surface area contributed by atoms with Gasteiger partial charge in [-0.2, -0.15) is 0 Å². The predicted octanol–water partition coefficient (Wildman–Crippen LogP) is 4.51. The van der Waals surface area contributed by atoms with E-state index < -0.39 is 5.54 Å². The van der Waals surface area contributed by atoms with E-state index in [1.54, 1.807) is 12.1 Å². The fraction of sp³-hybridized carbons (Fsp3) is 0.348. The Kier molecular flexibility index (Phi) is 4.94. The molecule has 1 aliphatic heterocycles. The summed E-state index contributed by atoms with van der Waals surface area (Å²) < 4.78 is 19.4. The molecule has 1 saturated heterocycles. The number of hydrogen-bond donors (Lipinski definition) is 1. The van der Waals surface area contributed by atoms with E-state index in [1.165, 1.54) is 24.6 Å². The van der Waals surface area contributed by atoms with Gasteiger partial charge in [0, 0.05) is 25.4 Å². The molecule has 1 amide bonds. The van der Waals surface area contributed by atoms with Gasteiger partial charge >= 0.3 is 0 Å². The fourth-order valence-electron chi connectivity index (χ4n) is 4.26. The Morgan fingerprint density at radius 2 is 1.82 bits per heavy atom. The van der Waals surface area contributed by atoms with E-state index in [0.29, 0.717) is 0 Å². The normalized spacial score (nSPS) is 17.0. The highest BCUT2D eigenvalue weighted by atomic mass is 19.1. The first-order chi connectivity index (χ1) is 13.5. The van der Waals surface area contributed by atoms with E-state index in [1.807, 2.05) is 18.2 Å². The number of benzene rings is 2. The van der Waals surface area contributed by atoms with Crippen LogP contribution in [0.3, 0.4) is 0 Å². The van der Waals surface area contributed by atoms with Gasteiger partial charge in [0.2, 0.25) is 5.91 Å². The molecule has 1 aromatic heterocycles. The van der Waals surface area contributed by atoms with Crippen molar-refractivity contribution in [2.75, 3.05) is 13.1 Å². The number of carbonyl (C=O) groups is 1. The van der Waals surface area contributed by atoms with Crippen molar-refractivity contribution in [2.24, 2.45) is 0 Å². The number of nitrogens with zero attached hydrogens (tertiary/aromatic N) is 1. The van der Waals surface area contributed by atoms with Crippen LogP contribution in [0.4, 0.5) is 4.39 Å². The number of hydrogen-bond acceptors (Lipinski definition) is 3. The molecule has 1 N–H and O–H groups in total. The Hall–Kier alpha value is -2.66. The number of nitrogens with one attached hydrogen (secondary N) is 1.